The van der Waals surface area contributed by atoms with Crippen molar-refractivity contribution in [3.8, 4) is 11.5 Å². The third-order valence-electron chi connectivity index (χ3n) is 13.1. The molecule has 5 aromatic rings. The summed E-state index contributed by atoms with van der Waals surface area (Å²) in [6.07, 6.45) is 15.1. The summed E-state index contributed by atoms with van der Waals surface area (Å²) in [6, 6.07) is 32.1. The molecule has 3 aliphatic carbocycles. The lowest BCUT2D eigenvalue weighted by Gasteiger charge is -2.36. The lowest BCUT2D eigenvalue weighted by molar-refractivity contribution is -0.140. The second-order valence-corrected chi connectivity index (χ2v) is 16.9. The van der Waals surface area contributed by atoms with Gasteiger partial charge in [0.25, 0.3) is 0 Å². The number of rotatable bonds is 6. The molecule has 282 valence electrons. The molecule has 0 radical (unpaired) electrons. The summed E-state index contributed by atoms with van der Waals surface area (Å²) in [5.41, 5.74) is 4.34. The second kappa shape index (κ2) is 17.4. The molecule has 0 spiro atoms. The minimum absolute atomic E-state index is 0.0280. The average molecular weight is 723 g/mol. The Labute approximate surface area is 322 Å². The largest absolute Gasteiger partial charge is 0.426 e. The number of fused-ring (bicyclic) bond motifs is 2. The third kappa shape index (κ3) is 8.91. The third-order valence-corrected chi connectivity index (χ3v) is 13.1. The number of hydrogen-bond donors (Lipinski definition) is 0. The van der Waals surface area contributed by atoms with Gasteiger partial charge in [-0.05, 0) is 147 Å². The van der Waals surface area contributed by atoms with Crippen molar-refractivity contribution in [1.29, 1.82) is 0 Å². The highest BCUT2D eigenvalue weighted by Crippen LogP contribution is 2.42. The van der Waals surface area contributed by atoms with Crippen LogP contribution >= 0.6 is 0 Å². The van der Waals surface area contributed by atoms with E-state index in [1.54, 1.807) is 0 Å². The van der Waals surface area contributed by atoms with E-state index >= 15 is 0 Å². The Balaban J connectivity index is 0.000000167. The zero-order chi connectivity index (χ0) is 37.6. The number of carbonyl (C=O) groups excluding carboxylic acids is 2. The maximum atomic E-state index is 12.8. The molecule has 3 fully saturated rings. The fourth-order valence-corrected chi connectivity index (χ4v) is 9.46. The van der Waals surface area contributed by atoms with Crippen molar-refractivity contribution in [3.63, 3.8) is 0 Å². The molecular weight excluding hydrogens is 665 g/mol. The number of aryl methyl sites for hydroxylation is 2. The fraction of sp³-hybridized carbons (Fsp3) is 0.440. The molecule has 0 atom stereocenters. The number of esters is 2. The molecule has 0 N–H and O–H groups in total. The Bertz CT molecular complexity index is 2040. The summed E-state index contributed by atoms with van der Waals surface area (Å²) in [7, 11) is 0. The van der Waals surface area contributed by atoms with Gasteiger partial charge in [-0.15, -0.1) is 0 Å². The molecule has 0 aliphatic heterocycles. The lowest BCUT2D eigenvalue weighted by Crippen LogP contribution is -2.29. The van der Waals surface area contributed by atoms with Crippen molar-refractivity contribution in [3.05, 3.63) is 119 Å². The number of carbonyl (C=O) groups is 2. The first kappa shape index (κ1) is 37.9. The molecule has 0 heterocycles. The summed E-state index contributed by atoms with van der Waals surface area (Å²) in [6.45, 7) is 8.89. The number of hydrogen-bond acceptors (Lipinski definition) is 4. The van der Waals surface area contributed by atoms with E-state index in [9.17, 15) is 9.59 Å². The van der Waals surface area contributed by atoms with Gasteiger partial charge in [0, 0.05) is 10.8 Å². The van der Waals surface area contributed by atoms with Crippen LogP contribution in [0.5, 0.6) is 11.5 Å². The van der Waals surface area contributed by atoms with Gasteiger partial charge in [0.05, 0.1) is 11.5 Å². The van der Waals surface area contributed by atoms with Gasteiger partial charge in [-0.25, -0.2) is 4.79 Å². The summed E-state index contributed by atoms with van der Waals surface area (Å²) < 4.78 is 11.6. The smallest absolute Gasteiger partial charge is 0.343 e. The van der Waals surface area contributed by atoms with Crippen LogP contribution in [0.25, 0.3) is 21.5 Å². The van der Waals surface area contributed by atoms with E-state index < -0.39 is 0 Å². The first-order valence-electron chi connectivity index (χ1n) is 20.7. The molecule has 0 amide bonds. The fourth-order valence-electron chi connectivity index (χ4n) is 9.46. The molecule has 4 nitrogen and oxygen atoms in total. The molecule has 0 saturated heterocycles. The highest BCUT2D eigenvalue weighted by atomic mass is 16.5. The highest BCUT2D eigenvalue weighted by molar-refractivity contribution is 5.96. The minimum atomic E-state index is -0.298. The maximum Gasteiger partial charge on any atom is 0.343 e. The zero-order valence-corrected chi connectivity index (χ0v) is 32.8. The van der Waals surface area contributed by atoms with E-state index in [0.29, 0.717) is 23.0 Å². The van der Waals surface area contributed by atoms with E-state index in [4.69, 9.17) is 9.47 Å². The molecule has 54 heavy (non-hydrogen) atoms. The molecule has 0 unspecified atom stereocenters. The van der Waals surface area contributed by atoms with E-state index in [1.807, 2.05) is 66.7 Å². The van der Waals surface area contributed by atoms with Crippen LogP contribution in [0, 0.1) is 43.4 Å². The monoisotopic (exact) mass is 722 g/mol. The maximum absolute atomic E-state index is 12.8. The van der Waals surface area contributed by atoms with Crippen molar-refractivity contribution in [2.75, 3.05) is 0 Å². The van der Waals surface area contributed by atoms with Crippen LogP contribution in [0.3, 0.4) is 0 Å². The van der Waals surface area contributed by atoms with Crippen molar-refractivity contribution < 1.29 is 19.1 Å². The highest BCUT2D eigenvalue weighted by Gasteiger charge is 2.33. The van der Waals surface area contributed by atoms with Crippen LogP contribution in [0.1, 0.15) is 124 Å². The quantitative estimate of drug-likeness (QED) is 0.129. The topological polar surface area (TPSA) is 52.6 Å². The molecule has 4 heteroatoms. The number of benzene rings is 5. The predicted molar refractivity (Wildman–Crippen MR) is 221 cm³/mol. The van der Waals surface area contributed by atoms with E-state index in [0.717, 1.165) is 58.1 Å². The van der Waals surface area contributed by atoms with Crippen LogP contribution in [0.15, 0.2) is 97.1 Å². The molecule has 5 aromatic carbocycles. The first-order chi connectivity index (χ1) is 26.2. The number of ether oxygens (including phenoxy) is 2. The standard InChI is InChI=1S/C25H26O2.C25H32O2/c1-17-9-11-19(12-10-17)20-13-15-21(16-14-20)25(26)27-24-8-4-6-22-18(2)5-3-7-23(22)24;1-17-7-10-19(11-8-17)20-12-14-21(15-13-20)25(26)27-24-16-9-18(2)22-5-3-4-6-23(22)24/h3-8,13-17,19H,9-12H2,1-2H3;3-6,9,16-17,19-21H,7-8,10-15H2,1-2H3. The van der Waals surface area contributed by atoms with E-state index in [2.05, 4.69) is 58.0 Å². The molecular formula is C50H58O4. The van der Waals surface area contributed by atoms with Gasteiger partial charge in [-0.2, -0.15) is 0 Å². The Morgan fingerprint density at radius 3 is 1.63 bits per heavy atom. The second-order valence-electron chi connectivity index (χ2n) is 16.9. The van der Waals surface area contributed by atoms with E-state index in [-0.39, 0.29) is 17.9 Å². The van der Waals surface area contributed by atoms with Crippen molar-refractivity contribution in [2.24, 2.45) is 29.6 Å². The van der Waals surface area contributed by atoms with Gasteiger partial charge in [0.15, 0.2) is 0 Å². The summed E-state index contributed by atoms with van der Waals surface area (Å²) in [4.78, 5) is 25.5. The molecule has 8 rings (SSSR count). The van der Waals surface area contributed by atoms with Crippen molar-refractivity contribution in [1.82, 2.24) is 0 Å². The summed E-state index contributed by atoms with van der Waals surface area (Å²) in [5, 5.41) is 4.29. The summed E-state index contributed by atoms with van der Waals surface area (Å²) >= 11 is 0. The van der Waals surface area contributed by atoms with Crippen LogP contribution in [0.4, 0.5) is 0 Å². The average Bonchev–Trinajstić information content (AvgIpc) is 3.20. The van der Waals surface area contributed by atoms with E-state index in [1.165, 1.54) is 80.9 Å². The molecule has 3 saturated carbocycles. The minimum Gasteiger partial charge on any atom is -0.426 e. The van der Waals surface area contributed by atoms with Gasteiger partial charge < -0.3 is 9.47 Å². The lowest BCUT2D eigenvalue weighted by atomic mass is 9.69. The predicted octanol–water partition coefficient (Wildman–Crippen LogP) is 13.3. The van der Waals surface area contributed by atoms with Crippen LogP contribution in [0.2, 0.25) is 0 Å². The summed E-state index contributed by atoms with van der Waals surface area (Å²) in [5.74, 6) is 5.21. The van der Waals surface area contributed by atoms with Gasteiger partial charge in [-0.3, -0.25) is 4.79 Å². The van der Waals surface area contributed by atoms with Gasteiger partial charge >= 0.3 is 11.9 Å². The van der Waals surface area contributed by atoms with Gasteiger partial charge in [-0.1, -0.05) is 112 Å². The Kier molecular flexibility index (Phi) is 12.2. The Morgan fingerprint density at radius 2 is 0.981 bits per heavy atom. The molecule has 0 bridgehead atoms. The first-order valence-corrected chi connectivity index (χ1v) is 20.7. The van der Waals surface area contributed by atoms with Crippen molar-refractivity contribution >= 4 is 33.5 Å². The van der Waals surface area contributed by atoms with Crippen LogP contribution in [-0.4, -0.2) is 11.9 Å². The Hall–Kier alpha value is -4.44. The van der Waals surface area contributed by atoms with Crippen LogP contribution < -0.4 is 9.47 Å². The zero-order valence-electron chi connectivity index (χ0n) is 32.8. The SMILES string of the molecule is Cc1ccc(OC(=O)C2CCC(C3CCC(C)CC3)CC2)c2ccccc12.Cc1cccc2c(OC(=O)c3ccc(C4CCC(C)CC4)cc3)cccc12. The molecule has 0 aromatic heterocycles. The normalized spacial score (nSPS) is 24.3. The Morgan fingerprint density at radius 1 is 0.481 bits per heavy atom. The van der Waals surface area contributed by atoms with Crippen molar-refractivity contribution in [2.45, 2.75) is 111 Å². The molecule has 3 aliphatic rings. The van der Waals surface area contributed by atoms with Gasteiger partial charge in [0.1, 0.15) is 11.5 Å². The van der Waals surface area contributed by atoms with Gasteiger partial charge in [0.2, 0.25) is 0 Å². The van der Waals surface area contributed by atoms with Crippen LogP contribution in [-0.2, 0) is 4.79 Å².